The lowest BCUT2D eigenvalue weighted by Crippen LogP contribution is -2.12. The minimum atomic E-state index is -0.532. The first-order valence-electron chi connectivity index (χ1n) is 8.86. The molecule has 4 rings (SSSR count). The third kappa shape index (κ3) is 4.14. The number of hydrogen-bond acceptors (Lipinski definition) is 6. The average molecular weight is 401 g/mol. The number of aromatic nitrogens is 3. The van der Waals surface area contributed by atoms with Gasteiger partial charge in [-0.2, -0.15) is 0 Å². The van der Waals surface area contributed by atoms with Crippen molar-refractivity contribution in [3.63, 3.8) is 0 Å². The summed E-state index contributed by atoms with van der Waals surface area (Å²) in [6.45, 7) is 0. The van der Waals surface area contributed by atoms with Crippen molar-refractivity contribution < 1.29 is 14.5 Å². The lowest BCUT2D eigenvalue weighted by atomic mass is 10.1. The standard InChI is InChI=1S/C21H15N5O4/c27-21(15-4-5-19(20(12-15)26(28)29)25-11-10-23-14-25)24-16-2-1-3-18(13-16)30-17-6-8-22-9-7-17/h1-14H,(H,24,27). The third-order valence-electron chi connectivity index (χ3n) is 4.19. The van der Waals surface area contributed by atoms with Gasteiger partial charge < -0.3 is 14.6 Å². The summed E-state index contributed by atoms with van der Waals surface area (Å²) in [5.41, 5.74) is 0.774. The van der Waals surface area contributed by atoms with Crippen molar-refractivity contribution >= 4 is 17.3 Å². The zero-order valence-electron chi connectivity index (χ0n) is 15.5. The lowest BCUT2D eigenvalue weighted by Gasteiger charge is -2.10. The number of nitrogens with one attached hydrogen (secondary N) is 1. The van der Waals surface area contributed by atoms with E-state index in [-0.39, 0.29) is 11.3 Å². The van der Waals surface area contributed by atoms with Gasteiger partial charge >= 0.3 is 0 Å². The van der Waals surface area contributed by atoms with Gasteiger partial charge in [-0.15, -0.1) is 0 Å². The molecule has 1 amide bonds. The maximum atomic E-state index is 12.7. The van der Waals surface area contributed by atoms with Crippen LogP contribution in [0.25, 0.3) is 5.69 Å². The predicted molar refractivity (Wildman–Crippen MR) is 109 cm³/mol. The minimum absolute atomic E-state index is 0.158. The summed E-state index contributed by atoms with van der Waals surface area (Å²) in [6.07, 6.45) is 7.79. The van der Waals surface area contributed by atoms with Crippen LogP contribution in [0.3, 0.4) is 0 Å². The fourth-order valence-corrected chi connectivity index (χ4v) is 2.81. The SMILES string of the molecule is O=C(Nc1cccc(Oc2ccncc2)c1)c1ccc(-n2ccnc2)c([N+](=O)[O-])c1. The molecule has 2 heterocycles. The number of nitro benzene ring substituents is 1. The number of benzene rings is 2. The van der Waals surface area contributed by atoms with Crippen LogP contribution in [0.5, 0.6) is 11.5 Å². The molecule has 0 radical (unpaired) electrons. The van der Waals surface area contributed by atoms with Crippen molar-refractivity contribution in [1.29, 1.82) is 0 Å². The average Bonchev–Trinajstić information content (AvgIpc) is 3.29. The van der Waals surface area contributed by atoms with Gasteiger partial charge in [0.2, 0.25) is 0 Å². The molecule has 30 heavy (non-hydrogen) atoms. The zero-order chi connectivity index (χ0) is 20.9. The monoisotopic (exact) mass is 401 g/mol. The smallest absolute Gasteiger partial charge is 0.294 e. The van der Waals surface area contributed by atoms with Gasteiger partial charge in [-0.25, -0.2) is 4.98 Å². The molecule has 9 nitrogen and oxygen atoms in total. The topological polar surface area (TPSA) is 112 Å². The van der Waals surface area contributed by atoms with Crippen LogP contribution in [0.2, 0.25) is 0 Å². The molecule has 0 bridgehead atoms. The minimum Gasteiger partial charge on any atom is -0.457 e. The Bertz CT molecular complexity index is 1190. The van der Waals surface area contributed by atoms with Crippen LogP contribution in [0.1, 0.15) is 10.4 Å². The van der Waals surface area contributed by atoms with Gasteiger partial charge in [0, 0.05) is 48.2 Å². The number of hydrogen-bond donors (Lipinski definition) is 1. The quantitative estimate of drug-likeness (QED) is 0.382. The first-order valence-corrected chi connectivity index (χ1v) is 8.86. The van der Waals surface area contributed by atoms with Crippen LogP contribution in [-0.2, 0) is 0 Å². The molecule has 0 unspecified atom stereocenters. The normalized spacial score (nSPS) is 10.4. The molecule has 2 aromatic carbocycles. The van der Waals surface area contributed by atoms with Crippen molar-refractivity contribution in [2.24, 2.45) is 0 Å². The number of nitrogens with zero attached hydrogens (tertiary/aromatic N) is 4. The van der Waals surface area contributed by atoms with Crippen molar-refractivity contribution in [2.75, 3.05) is 5.32 Å². The molecule has 0 aliphatic heterocycles. The van der Waals surface area contributed by atoms with Gasteiger partial charge in [-0.3, -0.25) is 19.9 Å². The summed E-state index contributed by atoms with van der Waals surface area (Å²) in [5, 5.41) is 14.2. The van der Waals surface area contributed by atoms with Crippen molar-refractivity contribution in [2.45, 2.75) is 0 Å². The molecule has 0 saturated heterocycles. The summed E-state index contributed by atoms with van der Waals surface area (Å²) >= 11 is 0. The highest BCUT2D eigenvalue weighted by molar-refractivity contribution is 6.05. The van der Waals surface area contributed by atoms with E-state index in [9.17, 15) is 14.9 Å². The molecule has 9 heteroatoms. The second-order valence-corrected chi connectivity index (χ2v) is 6.20. The molecule has 0 aliphatic carbocycles. The van der Waals surface area contributed by atoms with E-state index in [0.717, 1.165) is 0 Å². The number of imidazole rings is 1. The molecule has 0 atom stereocenters. The molecule has 0 saturated carbocycles. The van der Waals surface area contributed by atoms with Crippen molar-refractivity contribution in [3.05, 3.63) is 101 Å². The fourth-order valence-electron chi connectivity index (χ4n) is 2.81. The molecular weight excluding hydrogens is 386 g/mol. The second kappa shape index (κ2) is 8.23. The zero-order valence-corrected chi connectivity index (χ0v) is 15.5. The number of pyridine rings is 1. The maximum absolute atomic E-state index is 12.7. The third-order valence-corrected chi connectivity index (χ3v) is 4.19. The van der Waals surface area contributed by atoms with E-state index in [1.54, 1.807) is 55.0 Å². The number of anilines is 1. The Morgan fingerprint density at radius 2 is 1.83 bits per heavy atom. The largest absolute Gasteiger partial charge is 0.457 e. The predicted octanol–water partition coefficient (Wildman–Crippen LogP) is 4.22. The molecule has 2 aromatic heterocycles. The van der Waals surface area contributed by atoms with E-state index < -0.39 is 10.8 Å². The Balaban J connectivity index is 1.55. The number of rotatable bonds is 6. The van der Waals surface area contributed by atoms with E-state index in [0.29, 0.717) is 22.9 Å². The Labute approximate surface area is 170 Å². The number of nitro groups is 1. The Hall–Kier alpha value is -4.53. The van der Waals surface area contributed by atoms with E-state index >= 15 is 0 Å². The number of carbonyl (C=O) groups is 1. The van der Waals surface area contributed by atoms with Crippen molar-refractivity contribution in [1.82, 2.24) is 14.5 Å². The maximum Gasteiger partial charge on any atom is 0.294 e. The Morgan fingerprint density at radius 3 is 2.57 bits per heavy atom. The molecule has 1 N–H and O–H groups in total. The van der Waals surface area contributed by atoms with Crippen LogP contribution in [0, 0.1) is 10.1 Å². The van der Waals surface area contributed by atoms with E-state index in [1.807, 2.05) is 0 Å². The molecular formula is C21H15N5O4. The Morgan fingerprint density at radius 1 is 1.00 bits per heavy atom. The summed E-state index contributed by atoms with van der Waals surface area (Å²) < 4.78 is 7.24. The van der Waals surface area contributed by atoms with Gasteiger partial charge in [0.05, 0.1) is 11.3 Å². The van der Waals surface area contributed by atoms with Crippen LogP contribution in [0.15, 0.2) is 85.7 Å². The van der Waals surface area contributed by atoms with Gasteiger partial charge in [0.25, 0.3) is 11.6 Å². The highest BCUT2D eigenvalue weighted by Gasteiger charge is 2.19. The van der Waals surface area contributed by atoms with Gasteiger partial charge in [0.1, 0.15) is 17.2 Å². The highest BCUT2D eigenvalue weighted by Crippen LogP contribution is 2.26. The number of amides is 1. The lowest BCUT2D eigenvalue weighted by molar-refractivity contribution is -0.384. The van der Waals surface area contributed by atoms with E-state index in [2.05, 4.69) is 15.3 Å². The molecule has 148 valence electrons. The molecule has 0 fully saturated rings. The Kier molecular flexibility index (Phi) is 5.16. The van der Waals surface area contributed by atoms with Gasteiger partial charge in [-0.05, 0) is 36.4 Å². The van der Waals surface area contributed by atoms with E-state index in [1.165, 1.54) is 35.3 Å². The first kappa shape index (κ1) is 18.8. The summed E-state index contributed by atoms with van der Waals surface area (Å²) in [5.74, 6) is 0.663. The number of carbonyl (C=O) groups excluding carboxylic acids is 1. The summed E-state index contributed by atoms with van der Waals surface area (Å²) in [7, 11) is 0. The van der Waals surface area contributed by atoms with Crippen LogP contribution >= 0.6 is 0 Å². The van der Waals surface area contributed by atoms with Gasteiger partial charge in [0.15, 0.2) is 0 Å². The fraction of sp³-hybridized carbons (Fsp3) is 0. The van der Waals surface area contributed by atoms with Crippen LogP contribution in [-0.4, -0.2) is 25.4 Å². The van der Waals surface area contributed by atoms with Crippen LogP contribution in [0.4, 0.5) is 11.4 Å². The van der Waals surface area contributed by atoms with Crippen molar-refractivity contribution in [3.8, 4) is 17.2 Å². The summed E-state index contributed by atoms with van der Waals surface area (Å²) in [4.78, 5) is 31.4. The van der Waals surface area contributed by atoms with Crippen LogP contribution < -0.4 is 10.1 Å². The molecule has 0 aliphatic rings. The summed E-state index contributed by atoms with van der Waals surface area (Å²) in [6, 6.07) is 14.5. The van der Waals surface area contributed by atoms with Gasteiger partial charge in [-0.1, -0.05) is 6.07 Å². The number of ether oxygens (including phenoxy) is 1. The van der Waals surface area contributed by atoms with E-state index in [4.69, 9.17) is 4.74 Å². The highest BCUT2D eigenvalue weighted by atomic mass is 16.6. The molecule has 0 spiro atoms. The second-order valence-electron chi connectivity index (χ2n) is 6.20. The first-order chi connectivity index (χ1) is 14.6. The molecule has 4 aromatic rings.